The Bertz CT molecular complexity index is 542. The van der Waals surface area contributed by atoms with Crippen molar-refractivity contribution in [2.45, 2.75) is 13.0 Å². The number of nitrogens with one attached hydrogen (secondary N) is 1. The third-order valence-corrected chi connectivity index (χ3v) is 2.69. The molecule has 0 saturated heterocycles. The maximum absolute atomic E-state index is 11.9. The molecule has 5 nitrogen and oxygen atoms in total. The summed E-state index contributed by atoms with van der Waals surface area (Å²) < 4.78 is 0. The van der Waals surface area contributed by atoms with Gasteiger partial charge in [-0.25, -0.2) is 0 Å². The Labute approximate surface area is 111 Å². The molecule has 2 aromatic rings. The summed E-state index contributed by atoms with van der Waals surface area (Å²) in [5, 5.41) is 2.82. The summed E-state index contributed by atoms with van der Waals surface area (Å²) in [6.45, 7) is 0.932. The Morgan fingerprint density at radius 2 is 2.11 bits per heavy atom. The number of pyridine rings is 2. The third-order valence-electron chi connectivity index (χ3n) is 2.69. The Hall–Kier alpha value is -2.27. The van der Waals surface area contributed by atoms with E-state index in [1.807, 2.05) is 18.2 Å². The third kappa shape index (κ3) is 3.86. The SMILES string of the molecule is NCc1ccnc(C(=O)NCCc2ccccn2)c1. The molecule has 19 heavy (non-hydrogen) atoms. The Morgan fingerprint density at radius 1 is 1.21 bits per heavy atom. The molecule has 0 aromatic carbocycles. The Kier molecular flexibility index (Phi) is 4.58. The topological polar surface area (TPSA) is 80.9 Å². The summed E-state index contributed by atoms with van der Waals surface area (Å²) in [7, 11) is 0. The van der Waals surface area contributed by atoms with Gasteiger partial charge < -0.3 is 11.1 Å². The van der Waals surface area contributed by atoms with Crippen LogP contribution >= 0.6 is 0 Å². The minimum Gasteiger partial charge on any atom is -0.350 e. The van der Waals surface area contributed by atoms with E-state index in [1.54, 1.807) is 24.5 Å². The molecule has 0 radical (unpaired) electrons. The molecule has 1 amide bonds. The van der Waals surface area contributed by atoms with Crippen molar-refractivity contribution >= 4 is 5.91 Å². The summed E-state index contributed by atoms with van der Waals surface area (Å²) in [5.41, 5.74) is 7.76. The maximum atomic E-state index is 11.9. The van der Waals surface area contributed by atoms with Crippen LogP contribution in [0.2, 0.25) is 0 Å². The van der Waals surface area contributed by atoms with Gasteiger partial charge >= 0.3 is 0 Å². The molecular formula is C14H16N4O. The molecule has 0 aliphatic rings. The van der Waals surface area contributed by atoms with Crippen LogP contribution < -0.4 is 11.1 Å². The fraction of sp³-hybridized carbons (Fsp3) is 0.214. The molecule has 0 spiro atoms. The molecule has 2 aromatic heterocycles. The van der Waals surface area contributed by atoms with Gasteiger partial charge in [-0.05, 0) is 29.8 Å². The molecule has 0 unspecified atom stereocenters. The molecule has 98 valence electrons. The van der Waals surface area contributed by atoms with Crippen LogP contribution in [0.4, 0.5) is 0 Å². The lowest BCUT2D eigenvalue weighted by molar-refractivity contribution is 0.0949. The van der Waals surface area contributed by atoms with Crippen LogP contribution in [0.25, 0.3) is 0 Å². The van der Waals surface area contributed by atoms with Gasteiger partial charge in [0.2, 0.25) is 0 Å². The zero-order valence-corrected chi connectivity index (χ0v) is 10.5. The van der Waals surface area contributed by atoms with Crippen LogP contribution in [0.1, 0.15) is 21.7 Å². The summed E-state index contributed by atoms with van der Waals surface area (Å²) in [4.78, 5) is 20.1. The van der Waals surface area contributed by atoms with Crippen LogP contribution in [0.15, 0.2) is 42.7 Å². The van der Waals surface area contributed by atoms with E-state index in [0.29, 0.717) is 25.2 Å². The summed E-state index contributed by atoms with van der Waals surface area (Å²) in [6.07, 6.45) is 4.03. The summed E-state index contributed by atoms with van der Waals surface area (Å²) in [6, 6.07) is 9.22. The van der Waals surface area contributed by atoms with Crippen LogP contribution in [0, 0.1) is 0 Å². The highest BCUT2D eigenvalue weighted by atomic mass is 16.1. The first-order valence-corrected chi connectivity index (χ1v) is 6.12. The first kappa shape index (κ1) is 13.2. The summed E-state index contributed by atoms with van der Waals surface area (Å²) >= 11 is 0. The molecule has 0 aliphatic carbocycles. The summed E-state index contributed by atoms with van der Waals surface area (Å²) in [5.74, 6) is -0.189. The minimum absolute atomic E-state index is 0.189. The molecule has 0 bridgehead atoms. The molecule has 0 atom stereocenters. The zero-order chi connectivity index (χ0) is 13.5. The van der Waals surface area contributed by atoms with Crippen LogP contribution in [0.3, 0.4) is 0 Å². The standard InChI is InChI=1S/C14H16N4O/c15-10-11-4-7-17-13(9-11)14(19)18-8-5-12-3-1-2-6-16-12/h1-4,6-7,9H,5,8,10,15H2,(H,18,19). The molecule has 5 heteroatoms. The first-order valence-electron chi connectivity index (χ1n) is 6.12. The van der Waals surface area contributed by atoms with Crippen molar-refractivity contribution in [3.8, 4) is 0 Å². The van der Waals surface area contributed by atoms with E-state index in [9.17, 15) is 4.79 Å². The van der Waals surface area contributed by atoms with Crippen LogP contribution in [-0.2, 0) is 13.0 Å². The second-order valence-corrected chi connectivity index (χ2v) is 4.08. The highest BCUT2D eigenvalue weighted by Crippen LogP contribution is 2.01. The second-order valence-electron chi connectivity index (χ2n) is 4.08. The van der Waals surface area contributed by atoms with Crippen molar-refractivity contribution in [1.29, 1.82) is 0 Å². The van der Waals surface area contributed by atoms with Gasteiger partial charge in [0.25, 0.3) is 5.91 Å². The van der Waals surface area contributed by atoms with Gasteiger partial charge in [0.15, 0.2) is 0 Å². The molecular weight excluding hydrogens is 240 g/mol. The monoisotopic (exact) mass is 256 g/mol. The van der Waals surface area contributed by atoms with Crippen molar-refractivity contribution in [1.82, 2.24) is 15.3 Å². The maximum Gasteiger partial charge on any atom is 0.269 e. The Balaban J connectivity index is 1.87. The predicted octanol–water partition coefficient (Wildman–Crippen LogP) is 0.908. The number of hydrogen-bond acceptors (Lipinski definition) is 4. The van der Waals surface area contributed by atoms with E-state index in [2.05, 4.69) is 15.3 Å². The van der Waals surface area contributed by atoms with E-state index in [4.69, 9.17) is 5.73 Å². The lowest BCUT2D eigenvalue weighted by Gasteiger charge is -2.05. The highest BCUT2D eigenvalue weighted by Gasteiger charge is 2.06. The molecule has 0 fully saturated rings. The number of amides is 1. The number of hydrogen-bond donors (Lipinski definition) is 2. The predicted molar refractivity (Wildman–Crippen MR) is 72.4 cm³/mol. The van der Waals surface area contributed by atoms with E-state index in [0.717, 1.165) is 11.3 Å². The smallest absolute Gasteiger partial charge is 0.269 e. The van der Waals surface area contributed by atoms with E-state index < -0.39 is 0 Å². The number of rotatable bonds is 5. The normalized spacial score (nSPS) is 10.2. The van der Waals surface area contributed by atoms with Gasteiger partial charge in [-0.2, -0.15) is 0 Å². The average molecular weight is 256 g/mol. The highest BCUT2D eigenvalue weighted by molar-refractivity contribution is 5.92. The van der Waals surface area contributed by atoms with Crippen molar-refractivity contribution in [3.63, 3.8) is 0 Å². The minimum atomic E-state index is -0.189. The van der Waals surface area contributed by atoms with Crippen LogP contribution in [-0.4, -0.2) is 22.4 Å². The number of aromatic nitrogens is 2. The van der Waals surface area contributed by atoms with Gasteiger partial charge in [0.05, 0.1) is 0 Å². The molecule has 0 aliphatic heterocycles. The van der Waals surface area contributed by atoms with Gasteiger partial charge in [0.1, 0.15) is 5.69 Å². The van der Waals surface area contributed by atoms with Gasteiger partial charge in [-0.3, -0.25) is 14.8 Å². The number of carbonyl (C=O) groups excluding carboxylic acids is 1. The van der Waals surface area contributed by atoms with Crippen molar-refractivity contribution in [2.75, 3.05) is 6.54 Å². The zero-order valence-electron chi connectivity index (χ0n) is 10.5. The van der Waals surface area contributed by atoms with Crippen LogP contribution in [0.5, 0.6) is 0 Å². The lowest BCUT2D eigenvalue weighted by Crippen LogP contribution is -2.26. The van der Waals surface area contributed by atoms with Gasteiger partial charge in [-0.1, -0.05) is 6.07 Å². The fourth-order valence-electron chi connectivity index (χ4n) is 1.67. The largest absolute Gasteiger partial charge is 0.350 e. The van der Waals surface area contributed by atoms with Gasteiger partial charge in [0, 0.05) is 37.6 Å². The quantitative estimate of drug-likeness (QED) is 0.833. The second kappa shape index (κ2) is 6.61. The average Bonchev–Trinajstić information content (AvgIpc) is 2.48. The van der Waals surface area contributed by atoms with Crippen molar-refractivity contribution in [2.24, 2.45) is 5.73 Å². The van der Waals surface area contributed by atoms with E-state index >= 15 is 0 Å². The Morgan fingerprint density at radius 3 is 2.84 bits per heavy atom. The van der Waals surface area contributed by atoms with E-state index in [1.165, 1.54) is 0 Å². The van der Waals surface area contributed by atoms with Crippen molar-refractivity contribution < 1.29 is 4.79 Å². The molecule has 3 N–H and O–H groups in total. The first-order chi connectivity index (χ1) is 9.29. The van der Waals surface area contributed by atoms with Crippen molar-refractivity contribution in [3.05, 3.63) is 59.7 Å². The molecule has 0 saturated carbocycles. The lowest BCUT2D eigenvalue weighted by atomic mass is 10.2. The van der Waals surface area contributed by atoms with E-state index in [-0.39, 0.29) is 5.91 Å². The fourth-order valence-corrected chi connectivity index (χ4v) is 1.67. The molecule has 2 heterocycles. The number of carbonyl (C=O) groups is 1. The number of nitrogens with two attached hydrogens (primary N) is 1. The molecule has 2 rings (SSSR count). The number of nitrogens with zero attached hydrogens (tertiary/aromatic N) is 2. The van der Waals surface area contributed by atoms with Gasteiger partial charge in [-0.15, -0.1) is 0 Å².